The van der Waals surface area contributed by atoms with Gasteiger partial charge < -0.3 is 35.5 Å². The van der Waals surface area contributed by atoms with Crippen LogP contribution in [0.3, 0.4) is 0 Å². The monoisotopic (exact) mass is 947 g/mol. The third-order valence-electron chi connectivity index (χ3n) is 14.0. The Morgan fingerprint density at radius 1 is 0.841 bits per heavy atom. The van der Waals surface area contributed by atoms with Crippen LogP contribution in [-0.4, -0.2) is 115 Å². The highest BCUT2D eigenvalue weighted by molar-refractivity contribution is 7.13. The summed E-state index contributed by atoms with van der Waals surface area (Å²) in [6.45, 7) is 15.6. The van der Waals surface area contributed by atoms with Gasteiger partial charge in [-0.05, 0) is 96.1 Å². The number of H-pyrrole nitrogens is 2. The fraction of sp³-hybridized carbons (Fsp3) is 0.400. The number of nitrogens with zero attached hydrogens (tertiary/aromatic N) is 5. The van der Waals surface area contributed by atoms with Gasteiger partial charge in [0.15, 0.2) is 0 Å². The number of β-amino-alcohol motifs (C(OH)–C–C–N with tert-alkyl or cyclic N) is 1. The van der Waals surface area contributed by atoms with Crippen molar-refractivity contribution in [1.82, 2.24) is 45.3 Å². The SMILES string of the molecule is Cc1ncsc1-c1ccc([C@H](C)NC(=O)[C@@H]2C[C@@H](O)CN2C(=O)[C@@H](NC(=O)CCCCCN2CCN(Cc3ccc(-c4cnc5[nH]cc(-c6ccc7[nH]ccc7c6)c5c4)cc3)CC2)C(C)(C)C)cc1. The van der Waals surface area contributed by atoms with Gasteiger partial charge in [0.25, 0.3) is 0 Å². The first-order chi connectivity index (χ1) is 33.3. The number of aromatic nitrogens is 4. The summed E-state index contributed by atoms with van der Waals surface area (Å²) in [7, 11) is 0. The number of rotatable bonds is 16. The first-order valence-electron chi connectivity index (χ1n) is 24.4. The standard InChI is InChI=1S/C55H65N9O4S/c1-35(38-14-16-40(17-15-38)50-36(2)59-34-69-50)60-53(67)48-29-44(65)33-64(48)54(68)51(55(3,4)5)61-49(66)9-7-6-8-22-62-23-25-63(26-24-62)32-37-10-12-39(13-11-37)43-28-45-46(31-58-52(45)57-30-43)41-18-19-47-42(27-41)20-21-56-47/h10-21,27-28,30-31,34-35,44,48,51,56,65H,6-9,22-26,29,32-33H2,1-5H3,(H,57,58)(H,60,67)(H,61,66)/t35-,44+,48-,51+/m0/s1. The fourth-order valence-corrected chi connectivity index (χ4v) is 10.7. The number of likely N-dealkylation sites (tertiary alicyclic amines) is 1. The number of piperazine rings is 1. The van der Waals surface area contributed by atoms with Crippen molar-refractivity contribution in [2.75, 3.05) is 39.3 Å². The molecule has 0 radical (unpaired) electrons. The molecule has 5 N–H and O–H groups in total. The van der Waals surface area contributed by atoms with Gasteiger partial charge in [-0.15, -0.1) is 11.3 Å². The number of hydrogen-bond acceptors (Lipinski definition) is 9. The zero-order chi connectivity index (χ0) is 48.2. The Labute approximate surface area is 408 Å². The van der Waals surface area contributed by atoms with Crippen molar-refractivity contribution in [3.8, 4) is 32.7 Å². The molecule has 4 aromatic heterocycles. The molecule has 0 unspecified atom stereocenters. The molecule has 2 fully saturated rings. The summed E-state index contributed by atoms with van der Waals surface area (Å²) < 4.78 is 0. The van der Waals surface area contributed by atoms with Crippen molar-refractivity contribution in [1.29, 1.82) is 0 Å². The van der Waals surface area contributed by atoms with Crippen molar-refractivity contribution in [3.05, 3.63) is 120 Å². The maximum absolute atomic E-state index is 14.2. The summed E-state index contributed by atoms with van der Waals surface area (Å²) in [5.74, 6) is -0.843. The molecule has 9 rings (SSSR count). The summed E-state index contributed by atoms with van der Waals surface area (Å²) >= 11 is 1.59. The summed E-state index contributed by atoms with van der Waals surface area (Å²) in [6, 6.07) is 25.8. The minimum atomic E-state index is -0.844. The molecule has 360 valence electrons. The Bertz CT molecular complexity index is 2890. The lowest BCUT2D eigenvalue weighted by Gasteiger charge is -2.35. The second-order valence-corrected chi connectivity index (χ2v) is 21.0. The molecule has 0 bridgehead atoms. The summed E-state index contributed by atoms with van der Waals surface area (Å²) in [4.78, 5) is 64.6. The molecular formula is C55H65N9O4S. The van der Waals surface area contributed by atoms with E-state index in [9.17, 15) is 19.5 Å². The highest BCUT2D eigenvalue weighted by Crippen LogP contribution is 2.34. The maximum atomic E-state index is 14.2. The number of carbonyl (C=O) groups excluding carboxylic acids is 3. The average Bonchev–Trinajstić information content (AvgIpc) is 4.17. The molecule has 13 nitrogen and oxygen atoms in total. The van der Waals surface area contributed by atoms with Crippen LogP contribution >= 0.6 is 11.3 Å². The van der Waals surface area contributed by atoms with E-state index in [4.69, 9.17) is 4.98 Å². The molecule has 0 spiro atoms. The van der Waals surface area contributed by atoms with Gasteiger partial charge in [0, 0.05) is 92.7 Å². The van der Waals surface area contributed by atoms with Crippen LogP contribution in [-0.2, 0) is 20.9 Å². The number of carbonyl (C=O) groups is 3. The number of nitrogens with one attached hydrogen (secondary N) is 4. The predicted molar refractivity (Wildman–Crippen MR) is 275 cm³/mol. The second kappa shape index (κ2) is 20.8. The van der Waals surface area contributed by atoms with Gasteiger partial charge >= 0.3 is 0 Å². The third-order valence-corrected chi connectivity index (χ3v) is 15.0. The Morgan fingerprint density at radius 2 is 1.58 bits per heavy atom. The normalized spacial score (nSPS) is 17.9. The Balaban J connectivity index is 0.695. The molecule has 69 heavy (non-hydrogen) atoms. The van der Waals surface area contributed by atoms with E-state index < -0.39 is 23.6 Å². The summed E-state index contributed by atoms with van der Waals surface area (Å²) in [6.07, 6.45) is 8.24. The first kappa shape index (κ1) is 47.9. The van der Waals surface area contributed by atoms with Gasteiger partial charge in [-0.25, -0.2) is 9.97 Å². The molecule has 2 aliphatic heterocycles. The Hall–Kier alpha value is -6.19. The van der Waals surface area contributed by atoms with E-state index in [0.717, 1.165) is 119 Å². The van der Waals surface area contributed by atoms with Crippen LogP contribution in [0.4, 0.5) is 0 Å². The number of hydrogen-bond donors (Lipinski definition) is 5. The zero-order valence-corrected chi connectivity index (χ0v) is 41.2. The van der Waals surface area contributed by atoms with Gasteiger partial charge in [0.2, 0.25) is 17.7 Å². The van der Waals surface area contributed by atoms with Crippen LogP contribution in [0.15, 0.2) is 103 Å². The van der Waals surface area contributed by atoms with Crippen molar-refractivity contribution in [2.45, 2.75) is 97.5 Å². The highest BCUT2D eigenvalue weighted by atomic mass is 32.1. The van der Waals surface area contributed by atoms with Gasteiger partial charge in [-0.3, -0.25) is 19.3 Å². The largest absolute Gasteiger partial charge is 0.391 e. The number of amides is 3. The third kappa shape index (κ3) is 11.2. The summed E-state index contributed by atoms with van der Waals surface area (Å²) in [5.41, 5.74) is 12.1. The number of fused-ring (bicyclic) bond motifs is 2. The van der Waals surface area contributed by atoms with Crippen LogP contribution in [0.1, 0.15) is 82.7 Å². The minimum Gasteiger partial charge on any atom is -0.391 e. The number of aromatic amines is 2. The maximum Gasteiger partial charge on any atom is 0.246 e. The van der Waals surface area contributed by atoms with E-state index >= 15 is 0 Å². The van der Waals surface area contributed by atoms with Crippen LogP contribution in [0.25, 0.3) is 54.6 Å². The predicted octanol–water partition coefficient (Wildman–Crippen LogP) is 8.86. The molecule has 4 atom stereocenters. The van der Waals surface area contributed by atoms with Crippen molar-refractivity contribution < 1.29 is 19.5 Å². The van der Waals surface area contributed by atoms with E-state index in [1.165, 1.54) is 15.8 Å². The lowest BCUT2D eigenvalue weighted by molar-refractivity contribution is -0.144. The molecule has 3 amide bonds. The lowest BCUT2D eigenvalue weighted by atomic mass is 9.85. The van der Waals surface area contributed by atoms with E-state index in [-0.39, 0.29) is 36.7 Å². The van der Waals surface area contributed by atoms with E-state index in [0.29, 0.717) is 6.42 Å². The Kier molecular flexibility index (Phi) is 14.4. The topological polar surface area (TPSA) is 163 Å². The lowest BCUT2D eigenvalue weighted by Crippen LogP contribution is -2.57. The molecular weight excluding hydrogens is 883 g/mol. The zero-order valence-electron chi connectivity index (χ0n) is 40.4. The fourth-order valence-electron chi connectivity index (χ4n) is 9.90. The van der Waals surface area contributed by atoms with E-state index in [2.05, 4.69) is 90.0 Å². The number of aliphatic hydroxyl groups is 1. The highest BCUT2D eigenvalue weighted by Gasteiger charge is 2.44. The van der Waals surface area contributed by atoms with Crippen molar-refractivity contribution >= 4 is 51.0 Å². The van der Waals surface area contributed by atoms with Gasteiger partial charge in [0.05, 0.1) is 28.2 Å². The number of aliphatic hydroxyl groups excluding tert-OH is 1. The van der Waals surface area contributed by atoms with E-state index in [1.807, 2.05) is 83.0 Å². The van der Waals surface area contributed by atoms with Crippen LogP contribution in [0, 0.1) is 12.3 Å². The van der Waals surface area contributed by atoms with Crippen LogP contribution < -0.4 is 10.6 Å². The molecule has 7 aromatic rings. The number of thiazole rings is 1. The molecule has 0 saturated carbocycles. The quantitative estimate of drug-likeness (QED) is 0.0601. The number of pyridine rings is 1. The second-order valence-electron chi connectivity index (χ2n) is 20.1. The number of benzene rings is 3. The van der Waals surface area contributed by atoms with Crippen LogP contribution in [0.2, 0.25) is 0 Å². The molecule has 3 aromatic carbocycles. The molecule has 0 aliphatic carbocycles. The first-order valence-corrected chi connectivity index (χ1v) is 25.3. The van der Waals surface area contributed by atoms with E-state index in [1.54, 1.807) is 11.3 Å². The van der Waals surface area contributed by atoms with Gasteiger partial charge in [0.1, 0.15) is 17.7 Å². The smallest absolute Gasteiger partial charge is 0.246 e. The number of unbranched alkanes of at least 4 members (excludes halogenated alkanes) is 2. The van der Waals surface area contributed by atoms with Crippen molar-refractivity contribution in [2.24, 2.45) is 5.41 Å². The van der Waals surface area contributed by atoms with Gasteiger partial charge in [-0.1, -0.05) is 81.8 Å². The number of aryl methyl sites for hydroxylation is 1. The molecule has 2 saturated heterocycles. The Morgan fingerprint density at radius 3 is 2.32 bits per heavy atom. The molecule has 14 heteroatoms. The minimum absolute atomic E-state index is 0.0397. The van der Waals surface area contributed by atoms with Crippen molar-refractivity contribution in [3.63, 3.8) is 0 Å². The molecule has 2 aliphatic rings. The van der Waals surface area contributed by atoms with Crippen LogP contribution in [0.5, 0.6) is 0 Å². The average molecular weight is 948 g/mol. The summed E-state index contributed by atoms with van der Waals surface area (Å²) in [5, 5.41) is 19.1. The van der Waals surface area contributed by atoms with Gasteiger partial charge in [-0.2, -0.15) is 0 Å². The molecule has 6 heterocycles.